The highest BCUT2D eigenvalue weighted by Crippen LogP contribution is 2.52. The predicted molar refractivity (Wildman–Crippen MR) is 91.3 cm³/mol. The molecule has 1 aliphatic carbocycles. The van der Waals surface area contributed by atoms with Crippen LogP contribution in [0.1, 0.15) is 50.4 Å². The molecule has 1 aliphatic heterocycles. The highest BCUT2D eigenvalue weighted by molar-refractivity contribution is 5.99. The van der Waals surface area contributed by atoms with Crippen LogP contribution in [0.2, 0.25) is 0 Å². The summed E-state index contributed by atoms with van der Waals surface area (Å²) in [6.07, 6.45) is -3.81. The number of carbonyl (C=O) groups excluding carboxylic acids is 1. The van der Waals surface area contributed by atoms with Gasteiger partial charge in [-0.2, -0.15) is 23.3 Å². The standard InChI is InChI=1S/C19H23F3N2O2/c1-17(2,3)13-9-10-15-14(11-13)18(26,19(20,21)22)24(23-15)16(25)12-7-5-4-6-8-12/h4-8,13-14,26H,9-11H2,1-3H3/t13-,14-,18-/m1/s1. The maximum absolute atomic E-state index is 13.9. The van der Waals surface area contributed by atoms with Gasteiger partial charge in [0.1, 0.15) is 0 Å². The maximum atomic E-state index is 13.9. The van der Waals surface area contributed by atoms with Crippen LogP contribution in [0.4, 0.5) is 13.2 Å². The van der Waals surface area contributed by atoms with Crippen molar-refractivity contribution < 1.29 is 23.1 Å². The minimum atomic E-state index is -5.01. The van der Waals surface area contributed by atoms with Crippen molar-refractivity contribution in [2.45, 2.75) is 51.9 Å². The van der Waals surface area contributed by atoms with Crippen LogP contribution < -0.4 is 0 Å². The number of hydrogen-bond acceptors (Lipinski definition) is 3. The van der Waals surface area contributed by atoms with Gasteiger partial charge in [0.15, 0.2) is 0 Å². The van der Waals surface area contributed by atoms with Gasteiger partial charge in [0.25, 0.3) is 11.6 Å². The van der Waals surface area contributed by atoms with Gasteiger partial charge in [-0.25, -0.2) is 0 Å². The lowest BCUT2D eigenvalue weighted by Crippen LogP contribution is -2.62. The van der Waals surface area contributed by atoms with E-state index in [1.165, 1.54) is 12.1 Å². The topological polar surface area (TPSA) is 52.9 Å². The molecule has 2 aliphatic rings. The number of halogens is 3. The van der Waals surface area contributed by atoms with E-state index in [9.17, 15) is 23.1 Å². The molecule has 1 saturated carbocycles. The molecule has 142 valence electrons. The summed E-state index contributed by atoms with van der Waals surface area (Å²) < 4.78 is 41.8. The molecule has 3 rings (SSSR count). The van der Waals surface area contributed by atoms with E-state index < -0.39 is 23.7 Å². The summed E-state index contributed by atoms with van der Waals surface area (Å²) in [6.45, 7) is 5.94. The molecule has 0 aromatic heterocycles. The third kappa shape index (κ3) is 2.92. The number of aliphatic hydroxyl groups is 1. The summed E-state index contributed by atoms with van der Waals surface area (Å²) >= 11 is 0. The number of hydrazone groups is 1. The number of rotatable bonds is 1. The van der Waals surface area contributed by atoms with Gasteiger partial charge in [0, 0.05) is 11.3 Å². The van der Waals surface area contributed by atoms with Crippen LogP contribution in [-0.4, -0.2) is 33.6 Å². The number of amides is 1. The average Bonchev–Trinajstić information content (AvgIpc) is 2.88. The Kier molecular flexibility index (Phi) is 4.42. The van der Waals surface area contributed by atoms with E-state index >= 15 is 0 Å². The summed E-state index contributed by atoms with van der Waals surface area (Å²) in [5, 5.41) is 15.0. The van der Waals surface area contributed by atoms with Gasteiger partial charge in [-0.15, -0.1) is 0 Å². The molecule has 1 aromatic carbocycles. The summed E-state index contributed by atoms with van der Waals surface area (Å²) in [6, 6.07) is 7.62. The van der Waals surface area contributed by atoms with Crippen molar-refractivity contribution in [2.75, 3.05) is 0 Å². The molecule has 1 heterocycles. The van der Waals surface area contributed by atoms with Crippen molar-refractivity contribution in [1.82, 2.24) is 5.01 Å². The van der Waals surface area contributed by atoms with Gasteiger partial charge < -0.3 is 5.11 Å². The SMILES string of the molecule is CC(C)(C)[C@@H]1CCC2=NN(C(=O)c3ccccc3)[C@](O)(C(F)(F)F)[C@@H]2C1. The number of alkyl halides is 3. The number of carbonyl (C=O) groups is 1. The molecule has 1 aromatic rings. The largest absolute Gasteiger partial charge is 0.439 e. The van der Waals surface area contributed by atoms with Crippen LogP contribution in [0.3, 0.4) is 0 Å². The molecular weight excluding hydrogens is 345 g/mol. The summed E-state index contributed by atoms with van der Waals surface area (Å²) in [5.41, 5.74) is -3.17. The molecular formula is C19H23F3N2O2. The van der Waals surface area contributed by atoms with Crippen molar-refractivity contribution in [3.8, 4) is 0 Å². The number of fused-ring (bicyclic) bond motifs is 1. The van der Waals surface area contributed by atoms with Gasteiger partial charge >= 0.3 is 6.18 Å². The lowest BCUT2D eigenvalue weighted by Gasteiger charge is -2.42. The lowest BCUT2D eigenvalue weighted by atomic mass is 9.66. The molecule has 1 fully saturated rings. The molecule has 0 radical (unpaired) electrons. The Balaban J connectivity index is 2.01. The van der Waals surface area contributed by atoms with Crippen LogP contribution in [0.5, 0.6) is 0 Å². The Bertz CT molecular complexity index is 725. The van der Waals surface area contributed by atoms with E-state index in [4.69, 9.17) is 0 Å². The van der Waals surface area contributed by atoms with Gasteiger partial charge in [0.05, 0.1) is 5.92 Å². The Morgan fingerprint density at radius 2 is 1.85 bits per heavy atom. The van der Waals surface area contributed by atoms with E-state index in [0.717, 1.165) is 0 Å². The third-order valence-corrected chi connectivity index (χ3v) is 5.56. The second-order valence-electron chi connectivity index (χ2n) is 8.19. The van der Waals surface area contributed by atoms with Crippen molar-refractivity contribution in [3.63, 3.8) is 0 Å². The Labute approximate surface area is 150 Å². The minimum Gasteiger partial charge on any atom is -0.362 e. The van der Waals surface area contributed by atoms with Crippen molar-refractivity contribution >= 4 is 11.6 Å². The number of benzene rings is 1. The maximum Gasteiger partial charge on any atom is 0.439 e. The molecule has 7 heteroatoms. The second kappa shape index (κ2) is 6.08. The molecule has 0 saturated heterocycles. The van der Waals surface area contributed by atoms with Crippen LogP contribution >= 0.6 is 0 Å². The van der Waals surface area contributed by atoms with E-state index in [2.05, 4.69) is 5.10 Å². The van der Waals surface area contributed by atoms with Gasteiger partial charge in [-0.3, -0.25) is 4.79 Å². The summed E-state index contributed by atoms with van der Waals surface area (Å²) in [4.78, 5) is 12.7. The van der Waals surface area contributed by atoms with E-state index in [-0.39, 0.29) is 34.0 Å². The predicted octanol–water partition coefficient (Wildman–Crippen LogP) is 4.21. The van der Waals surface area contributed by atoms with E-state index in [1.807, 2.05) is 20.8 Å². The zero-order chi connectivity index (χ0) is 19.3. The molecule has 0 spiro atoms. The normalized spacial score (nSPS) is 29.3. The van der Waals surface area contributed by atoms with E-state index in [0.29, 0.717) is 12.8 Å². The van der Waals surface area contributed by atoms with Crippen LogP contribution in [0.25, 0.3) is 0 Å². The molecule has 1 N–H and O–H groups in total. The molecule has 0 unspecified atom stereocenters. The van der Waals surface area contributed by atoms with Gasteiger partial charge in [-0.05, 0) is 42.7 Å². The van der Waals surface area contributed by atoms with Crippen molar-refractivity contribution in [3.05, 3.63) is 35.9 Å². The Morgan fingerprint density at radius 3 is 2.38 bits per heavy atom. The fourth-order valence-corrected chi connectivity index (χ4v) is 3.91. The van der Waals surface area contributed by atoms with Gasteiger partial charge in [-0.1, -0.05) is 39.0 Å². The number of nitrogens with zero attached hydrogens (tertiary/aromatic N) is 2. The minimum absolute atomic E-state index is 0.00658. The number of hydrogen-bond donors (Lipinski definition) is 1. The highest BCUT2D eigenvalue weighted by atomic mass is 19.4. The average molecular weight is 368 g/mol. The molecule has 1 amide bonds. The third-order valence-electron chi connectivity index (χ3n) is 5.56. The molecule has 0 bridgehead atoms. The monoisotopic (exact) mass is 368 g/mol. The Hall–Kier alpha value is -1.89. The quantitative estimate of drug-likeness (QED) is 0.807. The second-order valence-corrected chi connectivity index (χ2v) is 8.19. The van der Waals surface area contributed by atoms with Crippen LogP contribution in [0, 0.1) is 17.3 Å². The van der Waals surface area contributed by atoms with E-state index in [1.54, 1.807) is 18.2 Å². The summed E-state index contributed by atoms with van der Waals surface area (Å²) in [7, 11) is 0. The molecule has 26 heavy (non-hydrogen) atoms. The first-order valence-corrected chi connectivity index (χ1v) is 8.72. The smallest absolute Gasteiger partial charge is 0.362 e. The first kappa shape index (κ1) is 18.9. The first-order valence-electron chi connectivity index (χ1n) is 8.72. The van der Waals surface area contributed by atoms with Crippen LogP contribution in [0.15, 0.2) is 35.4 Å². The fraction of sp³-hybridized carbons (Fsp3) is 0.579. The zero-order valence-electron chi connectivity index (χ0n) is 15.0. The van der Waals surface area contributed by atoms with Gasteiger partial charge in [0.2, 0.25) is 0 Å². The summed E-state index contributed by atoms with van der Waals surface area (Å²) in [5.74, 6) is -2.17. The lowest BCUT2D eigenvalue weighted by molar-refractivity contribution is -0.314. The fourth-order valence-electron chi connectivity index (χ4n) is 3.91. The first-order chi connectivity index (χ1) is 12.0. The van der Waals surface area contributed by atoms with Crippen molar-refractivity contribution in [2.24, 2.45) is 22.4 Å². The highest BCUT2D eigenvalue weighted by Gasteiger charge is 2.69. The molecule has 4 nitrogen and oxygen atoms in total. The Morgan fingerprint density at radius 1 is 1.23 bits per heavy atom. The zero-order valence-corrected chi connectivity index (χ0v) is 15.0. The van der Waals surface area contributed by atoms with Crippen molar-refractivity contribution in [1.29, 1.82) is 0 Å². The molecule has 3 atom stereocenters. The van der Waals surface area contributed by atoms with Crippen LogP contribution in [-0.2, 0) is 0 Å².